The van der Waals surface area contributed by atoms with Gasteiger partial charge in [-0.2, -0.15) is 0 Å². The topological polar surface area (TPSA) is 78.9 Å². The Morgan fingerprint density at radius 1 is 1.53 bits per heavy atom. The van der Waals surface area contributed by atoms with Crippen molar-refractivity contribution >= 4 is 17.1 Å². The predicted molar refractivity (Wildman–Crippen MR) is 64.2 cm³/mol. The molecular formula is C12H15N3O2. The first-order valence-electron chi connectivity index (χ1n) is 5.54. The van der Waals surface area contributed by atoms with Gasteiger partial charge in [0, 0.05) is 11.6 Å². The molecule has 0 aliphatic rings. The molecule has 0 aliphatic heterocycles. The molecule has 0 fully saturated rings. The summed E-state index contributed by atoms with van der Waals surface area (Å²) >= 11 is 0. The average molecular weight is 233 g/mol. The van der Waals surface area contributed by atoms with Crippen molar-refractivity contribution in [2.75, 3.05) is 0 Å². The van der Waals surface area contributed by atoms with Gasteiger partial charge in [-0.25, -0.2) is 14.8 Å². The number of nitrogens with one attached hydrogen (secondary N) is 1. The van der Waals surface area contributed by atoms with E-state index in [2.05, 4.69) is 35.7 Å². The normalized spacial score (nSPS) is 11.9. The number of aromatic nitrogens is 3. The van der Waals surface area contributed by atoms with Crippen molar-refractivity contribution in [3.63, 3.8) is 0 Å². The Morgan fingerprint density at radius 2 is 2.24 bits per heavy atom. The van der Waals surface area contributed by atoms with E-state index in [4.69, 9.17) is 5.11 Å². The molecule has 0 bridgehead atoms. The van der Waals surface area contributed by atoms with E-state index in [1.807, 2.05) is 0 Å². The fourth-order valence-electron chi connectivity index (χ4n) is 1.58. The maximum atomic E-state index is 11.1. The van der Waals surface area contributed by atoms with Gasteiger partial charge < -0.3 is 10.1 Å². The maximum Gasteiger partial charge on any atom is 0.338 e. The lowest BCUT2D eigenvalue weighted by Gasteiger charge is -2.18. The number of pyridine rings is 1. The molecule has 2 heterocycles. The zero-order valence-electron chi connectivity index (χ0n) is 10.1. The van der Waals surface area contributed by atoms with Crippen LogP contribution >= 0.6 is 0 Å². The molecule has 0 atom stereocenters. The average Bonchev–Trinajstić information content (AvgIpc) is 2.72. The van der Waals surface area contributed by atoms with E-state index in [0.29, 0.717) is 11.2 Å². The van der Waals surface area contributed by atoms with Crippen LogP contribution in [0.15, 0.2) is 12.3 Å². The summed E-state index contributed by atoms with van der Waals surface area (Å²) in [4.78, 5) is 22.6. The highest BCUT2D eigenvalue weighted by Crippen LogP contribution is 2.26. The van der Waals surface area contributed by atoms with E-state index in [0.717, 1.165) is 12.2 Å². The van der Waals surface area contributed by atoms with Gasteiger partial charge in [0.05, 0.1) is 11.1 Å². The van der Waals surface area contributed by atoms with Crippen LogP contribution < -0.4 is 0 Å². The van der Waals surface area contributed by atoms with Gasteiger partial charge >= 0.3 is 5.97 Å². The van der Waals surface area contributed by atoms with E-state index >= 15 is 0 Å². The Bertz CT molecular complexity index is 572. The SMILES string of the molecule is CCC(C)(C)c1nc2nccc(C(=O)O)c2[nH]1. The summed E-state index contributed by atoms with van der Waals surface area (Å²) in [6.07, 6.45) is 2.38. The maximum absolute atomic E-state index is 11.1. The molecular weight excluding hydrogens is 218 g/mol. The summed E-state index contributed by atoms with van der Waals surface area (Å²) < 4.78 is 0. The van der Waals surface area contributed by atoms with Crippen molar-refractivity contribution in [2.24, 2.45) is 0 Å². The molecule has 0 unspecified atom stereocenters. The van der Waals surface area contributed by atoms with E-state index in [-0.39, 0.29) is 11.0 Å². The van der Waals surface area contributed by atoms with Gasteiger partial charge in [-0.3, -0.25) is 0 Å². The summed E-state index contributed by atoms with van der Waals surface area (Å²) in [5.41, 5.74) is 1.05. The van der Waals surface area contributed by atoms with Crippen LogP contribution in [0, 0.1) is 0 Å². The number of carbonyl (C=O) groups is 1. The number of carboxylic acids is 1. The van der Waals surface area contributed by atoms with Crippen LogP contribution in [-0.2, 0) is 5.41 Å². The van der Waals surface area contributed by atoms with Crippen molar-refractivity contribution in [3.05, 3.63) is 23.7 Å². The van der Waals surface area contributed by atoms with Crippen LogP contribution in [0.3, 0.4) is 0 Å². The number of hydrogen-bond acceptors (Lipinski definition) is 3. The smallest absolute Gasteiger partial charge is 0.338 e. The summed E-state index contributed by atoms with van der Waals surface area (Å²) in [6, 6.07) is 1.48. The molecule has 2 rings (SSSR count). The largest absolute Gasteiger partial charge is 0.478 e. The van der Waals surface area contributed by atoms with E-state index in [9.17, 15) is 4.79 Å². The minimum Gasteiger partial charge on any atom is -0.478 e. The summed E-state index contributed by atoms with van der Waals surface area (Å²) in [7, 11) is 0. The highest BCUT2D eigenvalue weighted by molar-refractivity contribution is 5.99. The van der Waals surface area contributed by atoms with Crippen molar-refractivity contribution in [1.29, 1.82) is 0 Å². The lowest BCUT2D eigenvalue weighted by Crippen LogP contribution is -2.17. The summed E-state index contributed by atoms with van der Waals surface area (Å²) in [6.45, 7) is 6.19. The zero-order chi connectivity index (χ0) is 12.6. The molecule has 0 saturated heterocycles. The highest BCUT2D eigenvalue weighted by Gasteiger charge is 2.24. The lowest BCUT2D eigenvalue weighted by molar-refractivity contribution is 0.0698. The molecule has 90 valence electrons. The van der Waals surface area contributed by atoms with Gasteiger partial charge in [-0.1, -0.05) is 20.8 Å². The molecule has 2 aromatic heterocycles. The number of nitrogens with zero attached hydrogens (tertiary/aromatic N) is 2. The third kappa shape index (κ3) is 1.88. The van der Waals surface area contributed by atoms with Crippen LogP contribution in [0.5, 0.6) is 0 Å². The van der Waals surface area contributed by atoms with Gasteiger partial charge in [0.15, 0.2) is 5.65 Å². The number of rotatable bonds is 3. The highest BCUT2D eigenvalue weighted by atomic mass is 16.4. The summed E-state index contributed by atoms with van der Waals surface area (Å²) in [5.74, 6) is -0.196. The van der Waals surface area contributed by atoms with Crippen LogP contribution in [0.2, 0.25) is 0 Å². The Kier molecular flexibility index (Phi) is 2.61. The monoisotopic (exact) mass is 233 g/mol. The van der Waals surface area contributed by atoms with E-state index in [1.165, 1.54) is 12.3 Å². The second-order valence-electron chi connectivity index (χ2n) is 4.69. The molecule has 0 spiro atoms. The Morgan fingerprint density at radius 3 is 2.82 bits per heavy atom. The van der Waals surface area contributed by atoms with Gasteiger partial charge in [0.1, 0.15) is 5.82 Å². The number of imidazole rings is 1. The minimum absolute atomic E-state index is 0.115. The van der Waals surface area contributed by atoms with Gasteiger partial charge in [-0.05, 0) is 12.5 Å². The Hall–Kier alpha value is -1.91. The summed E-state index contributed by atoms with van der Waals surface area (Å²) in [5, 5.41) is 9.08. The second-order valence-corrected chi connectivity index (χ2v) is 4.69. The fourth-order valence-corrected chi connectivity index (χ4v) is 1.58. The van der Waals surface area contributed by atoms with Crippen LogP contribution in [0.25, 0.3) is 11.2 Å². The first-order chi connectivity index (χ1) is 7.95. The Labute approximate surface area is 98.9 Å². The molecule has 5 heteroatoms. The predicted octanol–water partition coefficient (Wildman–Crippen LogP) is 2.34. The van der Waals surface area contributed by atoms with Crippen LogP contribution in [0.4, 0.5) is 0 Å². The first kappa shape index (κ1) is 11.6. The number of hydrogen-bond donors (Lipinski definition) is 2. The van der Waals surface area contributed by atoms with E-state index in [1.54, 1.807) is 0 Å². The van der Waals surface area contributed by atoms with Gasteiger partial charge in [-0.15, -0.1) is 0 Å². The van der Waals surface area contributed by atoms with Crippen molar-refractivity contribution in [2.45, 2.75) is 32.6 Å². The fraction of sp³-hybridized carbons (Fsp3) is 0.417. The molecule has 0 aromatic carbocycles. The standard InChI is InChI=1S/C12H15N3O2/c1-4-12(2,3)11-14-8-7(10(16)17)5-6-13-9(8)15-11/h5-6H,4H2,1-3H3,(H,16,17)(H,13,14,15). The van der Waals surface area contributed by atoms with Crippen molar-refractivity contribution in [3.8, 4) is 0 Å². The van der Waals surface area contributed by atoms with Gasteiger partial charge in [0.25, 0.3) is 0 Å². The van der Waals surface area contributed by atoms with Crippen molar-refractivity contribution in [1.82, 2.24) is 15.0 Å². The lowest BCUT2D eigenvalue weighted by atomic mass is 9.90. The quantitative estimate of drug-likeness (QED) is 0.852. The number of H-pyrrole nitrogens is 1. The Balaban J connectivity index is 2.66. The minimum atomic E-state index is -0.970. The molecule has 2 N–H and O–H groups in total. The van der Waals surface area contributed by atoms with E-state index < -0.39 is 5.97 Å². The zero-order valence-corrected chi connectivity index (χ0v) is 10.1. The molecule has 5 nitrogen and oxygen atoms in total. The first-order valence-corrected chi connectivity index (χ1v) is 5.54. The third-order valence-electron chi connectivity index (χ3n) is 3.15. The third-order valence-corrected chi connectivity index (χ3v) is 3.15. The molecule has 0 saturated carbocycles. The van der Waals surface area contributed by atoms with Crippen molar-refractivity contribution < 1.29 is 9.90 Å². The van der Waals surface area contributed by atoms with Gasteiger partial charge in [0.2, 0.25) is 0 Å². The van der Waals surface area contributed by atoms with Crippen LogP contribution in [-0.4, -0.2) is 26.0 Å². The molecule has 0 aliphatic carbocycles. The molecule has 17 heavy (non-hydrogen) atoms. The number of aromatic carboxylic acids is 1. The molecule has 0 amide bonds. The van der Waals surface area contributed by atoms with Crippen LogP contribution in [0.1, 0.15) is 43.4 Å². The number of carboxylic acid groups (broad SMARTS) is 1. The number of aromatic amines is 1. The molecule has 0 radical (unpaired) electrons. The second kappa shape index (κ2) is 3.84. The number of fused-ring (bicyclic) bond motifs is 1. The molecule has 2 aromatic rings.